The van der Waals surface area contributed by atoms with E-state index >= 15 is 0 Å². The van der Waals surface area contributed by atoms with Crippen molar-refractivity contribution in [3.63, 3.8) is 0 Å². The molecule has 1 heterocycles. The monoisotopic (exact) mass is 212 g/mol. The fraction of sp³-hybridized carbons (Fsp3) is 0.500. The molecule has 1 N–H and O–H groups in total. The summed E-state index contributed by atoms with van der Waals surface area (Å²) >= 11 is 0. The Morgan fingerprint density at radius 1 is 1.43 bits per heavy atom. The summed E-state index contributed by atoms with van der Waals surface area (Å²) in [5, 5.41) is 3.57. The van der Waals surface area contributed by atoms with E-state index in [1.165, 1.54) is 5.57 Å². The maximum Gasteiger partial charge on any atom is 0.0289 e. The summed E-state index contributed by atoms with van der Waals surface area (Å²) in [6.07, 6.45) is 9.49. The first-order valence-electron chi connectivity index (χ1n) is 4.91. The predicted molar refractivity (Wildman–Crippen MR) is 58.7 cm³/mol. The number of nitrogens with one attached hydrogen (secondary N) is 1. The first-order valence-corrected chi connectivity index (χ1v) is 4.91. The van der Waals surface area contributed by atoms with Crippen LogP contribution in [0.4, 0.5) is 0 Å². The summed E-state index contributed by atoms with van der Waals surface area (Å²) in [5.74, 6) is 0. The average Bonchev–Trinajstić information content (AvgIpc) is 2.04. The third-order valence-corrected chi connectivity index (χ3v) is 2.38. The van der Waals surface area contributed by atoms with Crippen LogP contribution in [0.5, 0.6) is 0 Å². The van der Waals surface area contributed by atoms with E-state index in [2.05, 4.69) is 31.5 Å². The van der Waals surface area contributed by atoms with Gasteiger partial charge >= 0.3 is 0 Å². The highest BCUT2D eigenvalue weighted by atomic mass is 35.5. The van der Waals surface area contributed by atoms with Gasteiger partial charge in [-0.15, -0.1) is 13.2 Å². The molecule has 0 saturated heterocycles. The van der Waals surface area contributed by atoms with Crippen LogP contribution in [0.25, 0.3) is 0 Å². The van der Waals surface area contributed by atoms with Crippen LogP contribution < -0.4 is 17.7 Å². The molecule has 0 fully saturated rings. The Hall–Kier alpha value is -0.530. The van der Waals surface area contributed by atoms with Crippen molar-refractivity contribution in [3.05, 3.63) is 37.0 Å². The lowest BCUT2D eigenvalue weighted by Gasteiger charge is -2.28. The van der Waals surface area contributed by atoms with Crippen LogP contribution in [-0.4, -0.2) is 12.1 Å². The van der Waals surface area contributed by atoms with Gasteiger partial charge < -0.3 is 17.7 Å². The summed E-state index contributed by atoms with van der Waals surface area (Å²) in [4.78, 5) is 0. The fourth-order valence-electron chi connectivity index (χ4n) is 1.88. The maximum atomic E-state index is 3.77. The van der Waals surface area contributed by atoms with E-state index in [4.69, 9.17) is 0 Å². The molecular weight excluding hydrogens is 194 g/mol. The molecule has 2 atom stereocenters. The first-order chi connectivity index (χ1) is 6.26. The topological polar surface area (TPSA) is 12.0 Å². The molecule has 0 aromatic rings. The Labute approximate surface area is 93.4 Å². The zero-order valence-electron chi connectivity index (χ0n) is 8.80. The van der Waals surface area contributed by atoms with Crippen molar-refractivity contribution in [1.29, 1.82) is 0 Å². The predicted octanol–water partition coefficient (Wildman–Crippen LogP) is -0.181. The number of hydrogen-bond donors (Lipinski definition) is 1. The van der Waals surface area contributed by atoms with Gasteiger partial charge in [0.05, 0.1) is 0 Å². The molecule has 0 aromatic heterocycles. The van der Waals surface area contributed by atoms with Crippen LogP contribution in [0.3, 0.4) is 0 Å². The molecule has 2 heteroatoms. The summed E-state index contributed by atoms with van der Waals surface area (Å²) in [6.45, 7) is 9.73. The molecule has 80 valence electrons. The Morgan fingerprint density at radius 3 is 2.64 bits per heavy atom. The summed E-state index contributed by atoms with van der Waals surface area (Å²) in [7, 11) is 0. The van der Waals surface area contributed by atoms with E-state index in [1.807, 2.05) is 12.2 Å². The van der Waals surface area contributed by atoms with Gasteiger partial charge in [-0.1, -0.05) is 23.8 Å². The molecule has 14 heavy (non-hydrogen) atoms. The number of halogens is 1. The fourth-order valence-corrected chi connectivity index (χ4v) is 1.88. The molecule has 0 bridgehead atoms. The summed E-state index contributed by atoms with van der Waals surface area (Å²) < 4.78 is 0. The number of hydrogen-bond acceptors (Lipinski definition) is 1. The molecule has 0 saturated carbocycles. The van der Waals surface area contributed by atoms with Gasteiger partial charge in [0, 0.05) is 12.1 Å². The van der Waals surface area contributed by atoms with Gasteiger partial charge in [0.2, 0.25) is 0 Å². The van der Waals surface area contributed by atoms with Gasteiger partial charge in [-0.3, -0.25) is 0 Å². The molecule has 1 aliphatic heterocycles. The Kier molecular flexibility index (Phi) is 6.60. The Bertz CT molecular complexity index is 220. The van der Waals surface area contributed by atoms with Crippen molar-refractivity contribution < 1.29 is 12.4 Å². The highest BCUT2D eigenvalue weighted by molar-refractivity contribution is 5.12. The largest absolute Gasteiger partial charge is 1.00 e. The van der Waals surface area contributed by atoms with E-state index < -0.39 is 0 Å². The summed E-state index contributed by atoms with van der Waals surface area (Å²) in [5.41, 5.74) is 1.48. The highest BCUT2D eigenvalue weighted by Gasteiger charge is 2.17. The van der Waals surface area contributed by atoms with Crippen LogP contribution >= 0.6 is 0 Å². The molecule has 0 amide bonds. The maximum absolute atomic E-state index is 3.77. The lowest BCUT2D eigenvalue weighted by Crippen LogP contribution is -3.00. The van der Waals surface area contributed by atoms with Crippen molar-refractivity contribution in [2.75, 3.05) is 0 Å². The van der Waals surface area contributed by atoms with E-state index in [-0.39, 0.29) is 12.4 Å². The standard InChI is InChI=1S/C12H19N.ClH/c1-4-6-11-8-10(3)9-12(13-11)7-5-2;/h4-5,8,11-13H,1-2,6-7,9H2,3H3;1H/p-1/t11-,12-;/m0./s1. The van der Waals surface area contributed by atoms with Gasteiger partial charge in [0.25, 0.3) is 0 Å². The zero-order valence-corrected chi connectivity index (χ0v) is 9.56. The van der Waals surface area contributed by atoms with Crippen molar-refractivity contribution in [2.45, 2.75) is 38.3 Å². The SMILES string of the molecule is C=CC[C@H]1CC(C)=C[C@H](CC=C)N1.[Cl-]. The minimum Gasteiger partial charge on any atom is -1.00 e. The molecular formula is C12H19ClN-. The van der Waals surface area contributed by atoms with E-state index in [9.17, 15) is 0 Å². The van der Waals surface area contributed by atoms with Crippen LogP contribution in [-0.2, 0) is 0 Å². The molecule has 0 radical (unpaired) electrons. The Morgan fingerprint density at radius 2 is 2.07 bits per heavy atom. The smallest absolute Gasteiger partial charge is 0.0289 e. The molecule has 0 unspecified atom stereocenters. The second kappa shape index (κ2) is 6.86. The second-order valence-electron chi connectivity index (χ2n) is 3.74. The molecule has 0 aromatic carbocycles. The minimum atomic E-state index is 0. The van der Waals surface area contributed by atoms with E-state index in [1.54, 1.807) is 0 Å². The van der Waals surface area contributed by atoms with Gasteiger partial charge in [-0.2, -0.15) is 0 Å². The van der Waals surface area contributed by atoms with Gasteiger partial charge in [0.1, 0.15) is 0 Å². The molecule has 0 aliphatic carbocycles. The van der Waals surface area contributed by atoms with E-state index in [0.717, 1.165) is 19.3 Å². The van der Waals surface area contributed by atoms with Gasteiger partial charge in [-0.05, 0) is 26.2 Å². The second-order valence-corrected chi connectivity index (χ2v) is 3.74. The normalized spacial score (nSPS) is 25.9. The quantitative estimate of drug-likeness (QED) is 0.638. The van der Waals surface area contributed by atoms with Crippen LogP contribution in [0.1, 0.15) is 26.2 Å². The van der Waals surface area contributed by atoms with Crippen molar-refractivity contribution in [1.82, 2.24) is 5.32 Å². The molecule has 1 aliphatic rings. The minimum absolute atomic E-state index is 0. The molecule has 0 spiro atoms. The number of rotatable bonds is 4. The third-order valence-electron chi connectivity index (χ3n) is 2.38. The van der Waals surface area contributed by atoms with E-state index in [0.29, 0.717) is 12.1 Å². The molecule has 1 nitrogen and oxygen atoms in total. The molecule has 1 rings (SSSR count). The highest BCUT2D eigenvalue weighted by Crippen LogP contribution is 2.17. The average molecular weight is 213 g/mol. The zero-order chi connectivity index (χ0) is 9.68. The lowest BCUT2D eigenvalue weighted by molar-refractivity contribution is -0.00000306. The van der Waals surface area contributed by atoms with Crippen molar-refractivity contribution in [2.24, 2.45) is 0 Å². The first kappa shape index (κ1) is 13.5. The van der Waals surface area contributed by atoms with Crippen molar-refractivity contribution >= 4 is 0 Å². The van der Waals surface area contributed by atoms with Crippen LogP contribution in [0.15, 0.2) is 37.0 Å². The summed E-state index contributed by atoms with van der Waals surface area (Å²) in [6, 6.07) is 1.06. The Balaban J connectivity index is 0.00000169. The lowest BCUT2D eigenvalue weighted by atomic mass is 9.95. The van der Waals surface area contributed by atoms with Crippen molar-refractivity contribution in [3.8, 4) is 0 Å². The van der Waals surface area contributed by atoms with Gasteiger partial charge in [-0.25, -0.2) is 0 Å². The van der Waals surface area contributed by atoms with Gasteiger partial charge in [0.15, 0.2) is 0 Å². The van der Waals surface area contributed by atoms with Crippen LogP contribution in [0, 0.1) is 0 Å². The third kappa shape index (κ3) is 4.12. The van der Waals surface area contributed by atoms with Crippen LogP contribution in [0.2, 0.25) is 0 Å².